The van der Waals surface area contributed by atoms with Crippen molar-refractivity contribution in [1.82, 2.24) is 9.88 Å². The Labute approximate surface area is 164 Å². The molecule has 1 N–H and O–H groups in total. The Balaban J connectivity index is 1.24. The van der Waals surface area contributed by atoms with Gasteiger partial charge in [0.25, 0.3) is 0 Å². The number of fused-ring (bicyclic) bond motifs is 1. The molecule has 4 rings (SSSR count). The van der Waals surface area contributed by atoms with Crippen molar-refractivity contribution in [3.63, 3.8) is 0 Å². The van der Waals surface area contributed by atoms with Crippen LogP contribution in [-0.2, 0) is 5.75 Å². The van der Waals surface area contributed by atoms with Crippen LogP contribution < -0.4 is 0 Å². The van der Waals surface area contributed by atoms with Crippen LogP contribution in [-0.4, -0.2) is 35.3 Å². The number of H-pyrrole nitrogens is 1. The van der Waals surface area contributed by atoms with E-state index in [2.05, 4.69) is 58.6 Å². The maximum absolute atomic E-state index is 5.98. The second-order valence-electron chi connectivity index (χ2n) is 6.70. The second-order valence-corrected chi connectivity index (χ2v) is 8.24. The van der Waals surface area contributed by atoms with E-state index in [1.54, 1.807) is 0 Å². The third kappa shape index (κ3) is 4.17. The zero-order chi connectivity index (χ0) is 17.8. The molecule has 0 spiro atoms. The van der Waals surface area contributed by atoms with E-state index < -0.39 is 0 Å². The predicted octanol–water partition coefficient (Wildman–Crippen LogP) is 5.84. The molecule has 0 bridgehead atoms. The van der Waals surface area contributed by atoms with Crippen molar-refractivity contribution in [3.05, 3.63) is 77.0 Å². The number of nitrogens with zero attached hydrogens (tertiary/aromatic N) is 1. The number of aromatic nitrogens is 1. The fourth-order valence-corrected chi connectivity index (χ4v) is 4.58. The monoisotopic (exact) mass is 382 g/mol. The topological polar surface area (TPSA) is 19.0 Å². The van der Waals surface area contributed by atoms with Crippen molar-refractivity contribution in [1.29, 1.82) is 0 Å². The lowest BCUT2D eigenvalue weighted by atomic mass is 10.00. The van der Waals surface area contributed by atoms with Crippen LogP contribution in [0.4, 0.5) is 0 Å². The van der Waals surface area contributed by atoms with Gasteiger partial charge in [-0.15, -0.1) is 0 Å². The van der Waals surface area contributed by atoms with Crippen LogP contribution >= 0.6 is 23.4 Å². The number of aromatic amines is 1. The number of hydrogen-bond donors (Lipinski definition) is 1. The highest BCUT2D eigenvalue weighted by atomic mass is 35.5. The molecule has 0 radical (unpaired) electrons. The zero-order valence-electron chi connectivity index (χ0n) is 14.7. The average Bonchev–Trinajstić information content (AvgIpc) is 3.10. The van der Waals surface area contributed by atoms with Gasteiger partial charge >= 0.3 is 0 Å². The van der Waals surface area contributed by atoms with Crippen molar-refractivity contribution in [2.24, 2.45) is 0 Å². The highest BCUT2D eigenvalue weighted by Crippen LogP contribution is 2.25. The molecular weight excluding hydrogens is 360 g/mol. The van der Waals surface area contributed by atoms with Gasteiger partial charge in [-0.25, -0.2) is 0 Å². The number of thioether (sulfide) groups is 1. The van der Waals surface area contributed by atoms with Crippen LogP contribution in [0.1, 0.15) is 17.5 Å². The lowest BCUT2D eigenvalue weighted by Gasteiger charge is -2.26. The van der Waals surface area contributed by atoms with E-state index in [-0.39, 0.29) is 0 Å². The molecule has 0 unspecified atom stereocenters. The molecule has 0 aliphatic carbocycles. The Hall–Kier alpha value is -1.68. The highest BCUT2D eigenvalue weighted by Gasteiger charge is 2.12. The molecule has 0 fully saturated rings. The molecule has 134 valence electrons. The van der Waals surface area contributed by atoms with Crippen LogP contribution in [0.3, 0.4) is 0 Å². The Morgan fingerprint density at radius 2 is 1.92 bits per heavy atom. The Bertz CT molecular complexity index is 898. The van der Waals surface area contributed by atoms with Gasteiger partial charge in [0.1, 0.15) is 0 Å². The van der Waals surface area contributed by atoms with Gasteiger partial charge in [0.05, 0.1) is 0 Å². The number of rotatable bonds is 6. The summed E-state index contributed by atoms with van der Waals surface area (Å²) in [5.74, 6) is 2.24. The highest BCUT2D eigenvalue weighted by molar-refractivity contribution is 7.98. The Morgan fingerprint density at radius 1 is 1.08 bits per heavy atom. The fraction of sp³-hybridized carbons (Fsp3) is 0.273. The number of benzene rings is 2. The van der Waals surface area contributed by atoms with E-state index in [9.17, 15) is 0 Å². The van der Waals surface area contributed by atoms with Crippen molar-refractivity contribution in [2.75, 3.05) is 25.4 Å². The SMILES string of the molecule is Clc1ccc(C2=CCN(CCSCc3c[nH]c4ccccc34)CC2)cc1. The Kier molecular flexibility index (Phi) is 5.68. The van der Waals surface area contributed by atoms with Crippen molar-refractivity contribution < 1.29 is 0 Å². The van der Waals surface area contributed by atoms with Crippen molar-refractivity contribution in [3.8, 4) is 0 Å². The summed E-state index contributed by atoms with van der Waals surface area (Å²) < 4.78 is 0. The second kappa shape index (κ2) is 8.34. The van der Waals surface area contributed by atoms with E-state index in [1.165, 1.54) is 33.4 Å². The minimum atomic E-state index is 0.805. The number of halogens is 1. The molecule has 0 saturated heterocycles. The summed E-state index contributed by atoms with van der Waals surface area (Å²) in [6.45, 7) is 3.34. The minimum absolute atomic E-state index is 0.805. The molecule has 2 nitrogen and oxygen atoms in total. The van der Waals surface area contributed by atoms with Gasteiger partial charge in [-0.05, 0) is 41.3 Å². The largest absolute Gasteiger partial charge is 0.361 e. The van der Waals surface area contributed by atoms with E-state index >= 15 is 0 Å². The summed E-state index contributed by atoms with van der Waals surface area (Å²) >= 11 is 8.00. The first kappa shape index (κ1) is 17.7. The summed E-state index contributed by atoms with van der Waals surface area (Å²) in [4.78, 5) is 5.91. The molecule has 3 aromatic rings. The fourth-order valence-electron chi connectivity index (χ4n) is 3.47. The summed E-state index contributed by atoms with van der Waals surface area (Å²) in [7, 11) is 0. The molecule has 2 aromatic carbocycles. The number of para-hydroxylation sites is 1. The normalized spacial score (nSPS) is 15.3. The van der Waals surface area contributed by atoms with Crippen LogP contribution in [0.25, 0.3) is 16.5 Å². The van der Waals surface area contributed by atoms with E-state index in [4.69, 9.17) is 11.6 Å². The minimum Gasteiger partial charge on any atom is -0.361 e. The van der Waals surface area contributed by atoms with Gasteiger partial charge in [-0.2, -0.15) is 11.8 Å². The first-order valence-electron chi connectivity index (χ1n) is 9.10. The first-order valence-corrected chi connectivity index (χ1v) is 10.6. The molecule has 1 aromatic heterocycles. The van der Waals surface area contributed by atoms with Gasteiger partial charge in [-0.1, -0.05) is 48.0 Å². The van der Waals surface area contributed by atoms with Crippen LogP contribution in [0, 0.1) is 0 Å². The molecule has 4 heteroatoms. The third-order valence-corrected chi connectivity index (χ3v) is 6.23. The van der Waals surface area contributed by atoms with Crippen molar-refractivity contribution in [2.45, 2.75) is 12.2 Å². The Morgan fingerprint density at radius 3 is 2.73 bits per heavy atom. The van der Waals surface area contributed by atoms with Crippen LogP contribution in [0.2, 0.25) is 5.02 Å². The van der Waals surface area contributed by atoms with Crippen LogP contribution in [0.15, 0.2) is 60.8 Å². The standard InChI is InChI=1S/C22H23ClN2S/c23-20-7-5-17(6-8-20)18-9-11-25(12-10-18)13-14-26-16-19-15-24-22-4-2-1-3-21(19)22/h1-9,15,24H,10-14,16H2. The quantitative estimate of drug-likeness (QED) is 0.539. The van der Waals surface area contributed by atoms with Gasteiger partial charge in [0.15, 0.2) is 0 Å². The van der Waals surface area contributed by atoms with E-state index in [0.717, 1.165) is 36.8 Å². The third-order valence-electron chi connectivity index (χ3n) is 4.99. The first-order chi connectivity index (χ1) is 12.8. The molecular formula is C22H23ClN2S. The smallest absolute Gasteiger partial charge is 0.0457 e. The van der Waals surface area contributed by atoms with Gasteiger partial charge in [0, 0.05) is 53.3 Å². The number of hydrogen-bond acceptors (Lipinski definition) is 2. The van der Waals surface area contributed by atoms with Crippen LogP contribution in [0.5, 0.6) is 0 Å². The zero-order valence-corrected chi connectivity index (χ0v) is 16.3. The summed E-state index contributed by atoms with van der Waals surface area (Å²) in [5.41, 5.74) is 5.40. The molecule has 0 atom stereocenters. The molecule has 0 amide bonds. The maximum atomic E-state index is 5.98. The van der Waals surface area contributed by atoms with Gasteiger partial charge in [0.2, 0.25) is 0 Å². The molecule has 2 heterocycles. The van der Waals surface area contributed by atoms with E-state index in [1.807, 2.05) is 23.9 Å². The maximum Gasteiger partial charge on any atom is 0.0457 e. The molecule has 1 aliphatic heterocycles. The molecule has 0 saturated carbocycles. The number of nitrogens with one attached hydrogen (secondary N) is 1. The van der Waals surface area contributed by atoms with Gasteiger partial charge < -0.3 is 4.98 Å². The van der Waals surface area contributed by atoms with Crippen molar-refractivity contribution >= 4 is 39.8 Å². The average molecular weight is 383 g/mol. The lowest BCUT2D eigenvalue weighted by molar-refractivity contribution is 0.321. The van der Waals surface area contributed by atoms with Gasteiger partial charge in [-0.3, -0.25) is 4.90 Å². The molecule has 1 aliphatic rings. The lowest BCUT2D eigenvalue weighted by Crippen LogP contribution is -2.30. The predicted molar refractivity (Wildman–Crippen MR) is 115 cm³/mol. The van der Waals surface area contributed by atoms with E-state index in [0.29, 0.717) is 0 Å². The summed E-state index contributed by atoms with van der Waals surface area (Å²) in [5, 5.41) is 2.16. The summed E-state index contributed by atoms with van der Waals surface area (Å²) in [6, 6.07) is 16.7. The molecule has 26 heavy (non-hydrogen) atoms. The summed E-state index contributed by atoms with van der Waals surface area (Å²) in [6.07, 6.45) is 5.64.